The number of anilines is 1. The van der Waals surface area contributed by atoms with Crippen molar-refractivity contribution < 1.29 is 4.79 Å². The van der Waals surface area contributed by atoms with Crippen molar-refractivity contribution in [3.05, 3.63) is 40.9 Å². The molecule has 0 aliphatic heterocycles. The van der Waals surface area contributed by atoms with E-state index in [-0.39, 0.29) is 5.78 Å². The first-order chi connectivity index (χ1) is 6.50. The molecule has 0 amide bonds. The Kier molecular flexibility index (Phi) is 3.31. The topological polar surface area (TPSA) is 43.1 Å². The normalized spacial score (nSPS) is 9.86. The van der Waals surface area contributed by atoms with Gasteiger partial charge in [-0.3, -0.25) is 4.79 Å². The summed E-state index contributed by atoms with van der Waals surface area (Å²) in [5.41, 5.74) is 7.42. The van der Waals surface area contributed by atoms with Crippen LogP contribution in [0.3, 0.4) is 0 Å². The maximum absolute atomic E-state index is 11.6. The zero-order valence-electron chi connectivity index (χ0n) is 8.01. The Hall–Kier alpha value is -1.28. The van der Waals surface area contributed by atoms with Gasteiger partial charge in [0.05, 0.1) is 0 Å². The molecule has 1 rings (SSSR count). The molecule has 0 unspecified atom stereocenters. The Labute approximate surface area is 88.4 Å². The van der Waals surface area contributed by atoms with E-state index in [0.717, 1.165) is 5.57 Å². The molecule has 2 nitrogen and oxygen atoms in total. The van der Waals surface area contributed by atoms with E-state index in [4.69, 9.17) is 17.3 Å². The van der Waals surface area contributed by atoms with E-state index in [1.807, 2.05) is 6.92 Å². The summed E-state index contributed by atoms with van der Waals surface area (Å²) >= 11 is 5.72. The standard InChI is InChI=1S/C11H12ClNO/c1-7(2)5-11(14)9-4-3-8(12)6-10(9)13/h3-4,6H,1,5,13H2,2H3. The summed E-state index contributed by atoms with van der Waals surface area (Å²) in [6.45, 7) is 5.49. The number of nitrogen functional groups attached to an aromatic ring is 1. The quantitative estimate of drug-likeness (QED) is 0.472. The fraction of sp³-hybridized carbons (Fsp3) is 0.182. The van der Waals surface area contributed by atoms with Crippen molar-refractivity contribution in [2.45, 2.75) is 13.3 Å². The molecule has 0 spiro atoms. The highest BCUT2D eigenvalue weighted by Gasteiger charge is 2.09. The Morgan fingerprint density at radius 2 is 2.21 bits per heavy atom. The summed E-state index contributed by atoms with van der Waals surface area (Å²) in [6.07, 6.45) is 0.325. The van der Waals surface area contributed by atoms with Crippen LogP contribution in [0.4, 0.5) is 5.69 Å². The summed E-state index contributed by atoms with van der Waals surface area (Å²) in [7, 11) is 0. The summed E-state index contributed by atoms with van der Waals surface area (Å²) in [6, 6.07) is 4.87. The lowest BCUT2D eigenvalue weighted by molar-refractivity contribution is 0.0994. The van der Waals surface area contributed by atoms with Gasteiger partial charge >= 0.3 is 0 Å². The van der Waals surface area contributed by atoms with Crippen molar-refractivity contribution in [1.82, 2.24) is 0 Å². The number of nitrogens with two attached hydrogens (primary N) is 1. The van der Waals surface area contributed by atoms with E-state index in [9.17, 15) is 4.79 Å². The molecule has 0 fully saturated rings. The van der Waals surface area contributed by atoms with E-state index in [1.54, 1.807) is 18.2 Å². The zero-order valence-corrected chi connectivity index (χ0v) is 8.77. The highest BCUT2D eigenvalue weighted by Crippen LogP contribution is 2.20. The lowest BCUT2D eigenvalue weighted by Gasteiger charge is -2.04. The molecule has 0 radical (unpaired) electrons. The SMILES string of the molecule is C=C(C)CC(=O)c1ccc(Cl)cc1N. The van der Waals surface area contributed by atoms with Crippen LogP contribution in [0.25, 0.3) is 0 Å². The van der Waals surface area contributed by atoms with Gasteiger partial charge in [0, 0.05) is 22.7 Å². The fourth-order valence-electron chi connectivity index (χ4n) is 1.16. The monoisotopic (exact) mass is 209 g/mol. The minimum atomic E-state index is -0.0216. The van der Waals surface area contributed by atoms with Gasteiger partial charge in [-0.2, -0.15) is 0 Å². The average Bonchev–Trinajstić information content (AvgIpc) is 2.01. The Balaban J connectivity index is 2.96. The van der Waals surface area contributed by atoms with Gasteiger partial charge in [0.25, 0.3) is 0 Å². The Bertz CT molecular complexity index is 385. The molecule has 0 saturated carbocycles. The van der Waals surface area contributed by atoms with Crippen molar-refractivity contribution in [2.24, 2.45) is 0 Å². The van der Waals surface area contributed by atoms with Crippen LogP contribution in [-0.4, -0.2) is 5.78 Å². The number of carbonyl (C=O) groups excluding carboxylic acids is 1. The van der Waals surface area contributed by atoms with Gasteiger partial charge in [0.1, 0.15) is 0 Å². The maximum Gasteiger partial charge on any atom is 0.168 e. The molecular formula is C11H12ClNO. The average molecular weight is 210 g/mol. The van der Waals surface area contributed by atoms with Crippen LogP contribution in [0.15, 0.2) is 30.4 Å². The highest BCUT2D eigenvalue weighted by atomic mass is 35.5. The van der Waals surface area contributed by atoms with Gasteiger partial charge in [-0.1, -0.05) is 23.8 Å². The maximum atomic E-state index is 11.6. The molecule has 0 heterocycles. The van der Waals surface area contributed by atoms with Crippen molar-refractivity contribution in [2.75, 3.05) is 5.73 Å². The van der Waals surface area contributed by atoms with Gasteiger partial charge < -0.3 is 5.73 Å². The second-order valence-corrected chi connectivity index (χ2v) is 3.73. The van der Waals surface area contributed by atoms with Crippen molar-refractivity contribution in [1.29, 1.82) is 0 Å². The van der Waals surface area contributed by atoms with Gasteiger partial charge in [-0.15, -0.1) is 0 Å². The van der Waals surface area contributed by atoms with E-state index in [2.05, 4.69) is 6.58 Å². The number of Topliss-reactive ketones (excluding diaryl/α,β-unsaturated/α-hetero) is 1. The molecule has 2 N–H and O–H groups in total. The van der Waals surface area contributed by atoms with Crippen molar-refractivity contribution >= 4 is 23.1 Å². The van der Waals surface area contributed by atoms with E-state index >= 15 is 0 Å². The predicted molar refractivity (Wildman–Crippen MR) is 59.6 cm³/mol. The lowest BCUT2D eigenvalue weighted by Crippen LogP contribution is -2.03. The molecule has 0 atom stereocenters. The van der Waals surface area contributed by atoms with Crippen molar-refractivity contribution in [3.8, 4) is 0 Å². The number of hydrogen-bond acceptors (Lipinski definition) is 2. The van der Waals surface area contributed by atoms with Gasteiger partial charge in [-0.05, 0) is 25.1 Å². The van der Waals surface area contributed by atoms with E-state index in [0.29, 0.717) is 22.7 Å². The minimum absolute atomic E-state index is 0.0216. The number of ketones is 1. The molecular weight excluding hydrogens is 198 g/mol. The first kappa shape index (κ1) is 10.8. The lowest BCUT2D eigenvalue weighted by atomic mass is 10.0. The molecule has 1 aromatic carbocycles. The number of rotatable bonds is 3. The van der Waals surface area contributed by atoms with Crippen LogP contribution in [0.5, 0.6) is 0 Å². The molecule has 0 aliphatic carbocycles. The molecule has 1 aromatic rings. The predicted octanol–water partition coefficient (Wildman–Crippen LogP) is 3.07. The molecule has 0 bridgehead atoms. The smallest absolute Gasteiger partial charge is 0.168 e. The number of hydrogen-bond donors (Lipinski definition) is 1. The first-order valence-corrected chi connectivity index (χ1v) is 4.61. The van der Waals surface area contributed by atoms with Gasteiger partial charge in [-0.25, -0.2) is 0 Å². The fourth-order valence-corrected chi connectivity index (χ4v) is 1.34. The summed E-state index contributed by atoms with van der Waals surface area (Å²) in [5.74, 6) is -0.0216. The van der Waals surface area contributed by atoms with Crippen LogP contribution in [-0.2, 0) is 0 Å². The molecule has 0 aliphatic rings. The van der Waals surface area contributed by atoms with Crippen LogP contribution in [0.1, 0.15) is 23.7 Å². The Morgan fingerprint density at radius 3 is 2.71 bits per heavy atom. The second-order valence-electron chi connectivity index (χ2n) is 3.29. The number of carbonyl (C=O) groups is 1. The molecule has 74 valence electrons. The molecule has 3 heteroatoms. The first-order valence-electron chi connectivity index (χ1n) is 4.23. The van der Waals surface area contributed by atoms with Crippen LogP contribution < -0.4 is 5.73 Å². The zero-order chi connectivity index (χ0) is 10.7. The molecule has 0 saturated heterocycles. The van der Waals surface area contributed by atoms with Crippen molar-refractivity contribution in [3.63, 3.8) is 0 Å². The second kappa shape index (κ2) is 4.29. The van der Waals surface area contributed by atoms with Crippen LogP contribution >= 0.6 is 11.6 Å². The number of benzene rings is 1. The third kappa shape index (κ3) is 2.60. The minimum Gasteiger partial charge on any atom is -0.398 e. The van der Waals surface area contributed by atoms with Crippen LogP contribution in [0, 0.1) is 0 Å². The summed E-state index contributed by atoms with van der Waals surface area (Å²) in [5, 5.41) is 0.536. The van der Waals surface area contributed by atoms with Crippen LogP contribution in [0.2, 0.25) is 5.02 Å². The number of halogens is 1. The van der Waals surface area contributed by atoms with Gasteiger partial charge in [0.15, 0.2) is 5.78 Å². The third-order valence-corrected chi connectivity index (χ3v) is 2.01. The summed E-state index contributed by atoms with van der Waals surface area (Å²) in [4.78, 5) is 11.6. The van der Waals surface area contributed by atoms with Gasteiger partial charge in [0.2, 0.25) is 0 Å². The largest absolute Gasteiger partial charge is 0.398 e. The van der Waals surface area contributed by atoms with E-state index in [1.165, 1.54) is 0 Å². The molecule has 14 heavy (non-hydrogen) atoms. The summed E-state index contributed by atoms with van der Waals surface area (Å²) < 4.78 is 0. The highest BCUT2D eigenvalue weighted by molar-refractivity contribution is 6.31. The third-order valence-electron chi connectivity index (χ3n) is 1.78. The number of allylic oxidation sites excluding steroid dienone is 1. The Morgan fingerprint density at radius 1 is 1.57 bits per heavy atom. The van der Waals surface area contributed by atoms with E-state index < -0.39 is 0 Å². The molecule has 0 aromatic heterocycles.